The third-order valence-electron chi connectivity index (χ3n) is 4.23. The maximum absolute atomic E-state index is 2.31. The predicted molar refractivity (Wildman–Crippen MR) is 116 cm³/mol. The fourth-order valence-electron chi connectivity index (χ4n) is 3.08. The van der Waals surface area contributed by atoms with Gasteiger partial charge in [-0.25, -0.2) is 0 Å². The summed E-state index contributed by atoms with van der Waals surface area (Å²) in [5.41, 5.74) is 5.66. The van der Waals surface area contributed by atoms with Crippen LogP contribution in [0.5, 0.6) is 0 Å². The average molecular weight is 669 g/mol. The van der Waals surface area contributed by atoms with E-state index in [1.165, 1.54) is 43.8 Å². The van der Waals surface area contributed by atoms with Gasteiger partial charge < -0.3 is 49.6 Å². The Morgan fingerprint density at radius 2 is 0.935 bits per heavy atom. The van der Waals surface area contributed by atoms with E-state index in [4.69, 9.17) is 0 Å². The van der Waals surface area contributed by atoms with Crippen molar-refractivity contribution >= 4 is 27.0 Å². The van der Waals surface area contributed by atoms with Crippen LogP contribution >= 0.6 is 0 Å². The number of benzene rings is 2. The Morgan fingerprint density at radius 1 is 0.645 bits per heavy atom. The first-order valence-corrected chi connectivity index (χ1v) is 15.2. The minimum absolute atomic E-state index is 0. The summed E-state index contributed by atoms with van der Waals surface area (Å²) in [5.74, 6) is 0. The van der Waals surface area contributed by atoms with Crippen molar-refractivity contribution in [2.24, 2.45) is 0 Å². The molecule has 164 valence electrons. The molecule has 0 aliphatic heterocycles. The number of hydrogen-bond donors (Lipinski definition) is 0. The standard InChI is InChI=1S/2C11H11.C2H6Si.4ClH.2Zr/c2*1-8-6-10-5-3-4-9(2)11(10)7-8;1-3-2;;;;;;/h2*3-7H,1-2H3;1-2H3;4*1H;;/q2*-1;;;;;;+2;+4/p-4. The van der Waals surface area contributed by atoms with Gasteiger partial charge >= 0.3 is 68.1 Å². The first-order chi connectivity index (χ1) is 12.3. The Kier molecular flexibility index (Phi) is 24.1. The molecule has 4 aromatic carbocycles. The van der Waals surface area contributed by atoms with Crippen molar-refractivity contribution in [1.29, 1.82) is 0 Å². The fourth-order valence-corrected chi connectivity index (χ4v) is 3.08. The quantitative estimate of drug-likeness (QED) is 0.131. The molecule has 4 rings (SSSR count). The molecule has 0 unspecified atom stereocenters. The first-order valence-electron chi connectivity index (χ1n) is 9.05. The summed E-state index contributed by atoms with van der Waals surface area (Å²) >= 11 is 1.74. The maximum Gasteiger partial charge on any atom is 4.00 e. The summed E-state index contributed by atoms with van der Waals surface area (Å²) in [4.78, 5) is 0. The Balaban J connectivity index is -0.000000177. The van der Waals surface area contributed by atoms with E-state index >= 15 is 0 Å². The minimum atomic E-state index is 0. The minimum Gasteiger partial charge on any atom is -1.00 e. The molecule has 31 heavy (non-hydrogen) atoms. The van der Waals surface area contributed by atoms with Gasteiger partial charge in [0.2, 0.25) is 0 Å². The van der Waals surface area contributed by atoms with E-state index in [-0.39, 0.29) is 81.3 Å². The van der Waals surface area contributed by atoms with Gasteiger partial charge in [-0.2, -0.15) is 12.1 Å². The van der Waals surface area contributed by atoms with Gasteiger partial charge in [-0.05, 0) is 13.8 Å². The van der Waals surface area contributed by atoms with Crippen LogP contribution in [0.15, 0.2) is 60.7 Å². The van der Waals surface area contributed by atoms with Gasteiger partial charge in [0.05, 0.1) is 0 Å². The van der Waals surface area contributed by atoms with Crippen molar-refractivity contribution in [3.63, 3.8) is 0 Å². The molecule has 0 nitrogen and oxygen atoms in total. The monoisotopic (exact) mass is 664 g/mol. The molecule has 0 radical (unpaired) electrons. The fraction of sp³-hybridized carbons (Fsp3) is 0.250. The van der Waals surface area contributed by atoms with Crippen LogP contribution in [0.4, 0.5) is 0 Å². The summed E-state index contributed by atoms with van der Waals surface area (Å²) in [7, 11) is 0. The van der Waals surface area contributed by atoms with Crippen LogP contribution in [0, 0.1) is 27.7 Å². The summed E-state index contributed by atoms with van der Waals surface area (Å²) in [6.45, 7) is 13.2. The molecule has 0 heterocycles. The maximum atomic E-state index is 2.31. The molecule has 0 saturated carbocycles. The van der Waals surface area contributed by atoms with E-state index in [0.717, 1.165) is 0 Å². The summed E-state index contributed by atoms with van der Waals surface area (Å²) < 4.78 is 0. The molecule has 0 N–H and O–H groups in total. The average Bonchev–Trinajstić information content (AvgIpc) is 3.11. The molecular formula is C24H28Cl4SiZr2. The topological polar surface area (TPSA) is 0 Å². The smallest absolute Gasteiger partial charge is 1.00 e. The normalized spacial score (nSPS) is 8.52. The molecule has 4 aromatic rings. The second-order valence-electron chi connectivity index (χ2n) is 7.22. The van der Waals surface area contributed by atoms with Gasteiger partial charge in [0.1, 0.15) is 0 Å². The summed E-state index contributed by atoms with van der Waals surface area (Å²) in [6.07, 6.45) is 0. The van der Waals surface area contributed by atoms with Crippen molar-refractivity contribution in [2.75, 3.05) is 0 Å². The zero-order valence-electron chi connectivity index (χ0n) is 18.8. The number of fused-ring (bicyclic) bond motifs is 2. The molecule has 0 saturated heterocycles. The van der Waals surface area contributed by atoms with E-state index < -0.39 is 0 Å². The molecule has 0 amide bonds. The van der Waals surface area contributed by atoms with Crippen LogP contribution in [-0.2, 0) is 49.5 Å². The Labute approximate surface area is 247 Å². The van der Waals surface area contributed by atoms with Crippen LogP contribution in [0.1, 0.15) is 22.3 Å². The Bertz CT molecular complexity index is 957. The zero-order valence-corrected chi connectivity index (χ0v) is 27.7. The molecular weight excluding hydrogens is 641 g/mol. The molecule has 0 aliphatic carbocycles. The second kappa shape index (κ2) is 19.1. The second-order valence-corrected chi connectivity index (χ2v) is 16.6. The van der Waals surface area contributed by atoms with Gasteiger partial charge in [-0.3, -0.25) is 0 Å². The van der Waals surface area contributed by atoms with Gasteiger partial charge in [0, 0.05) is 0 Å². The van der Waals surface area contributed by atoms with Crippen molar-refractivity contribution in [2.45, 2.75) is 40.8 Å². The summed E-state index contributed by atoms with van der Waals surface area (Å²) in [5, 5.41) is 5.51. The van der Waals surface area contributed by atoms with Gasteiger partial charge in [0.15, 0.2) is 0 Å². The van der Waals surface area contributed by atoms with E-state index in [2.05, 4.69) is 101 Å². The molecule has 0 spiro atoms. The number of hydrogen-bond acceptors (Lipinski definition) is 0. The van der Waals surface area contributed by atoms with Crippen LogP contribution in [0.2, 0.25) is 13.1 Å². The third-order valence-corrected chi connectivity index (χ3v) is 4.23. The van der Waals surface area contributed by atoms with E-state index in [1.807, 2.05) is 0 Å². The van der Waals surface area contributed by atoms with Crippen molar-refractivity contribution < 1.29 is 99.2 Å². The van der Waals surface area contributed by atoms with Crippen molar-refractivity contribution in [3.8, 4) is 0 Å². The van der Waals surface area contributed by atoms with E-state index in [0.29, 0.717) is 0 Å². The number of rotatable bonds is 0. The zero-order chi connectivity index (χ0) is 19.3. The van der Waals surface area contributed by atoms with Crippen LogP contribution < -0.4 is 49.6 Å². The van der Waals surface area contributed by atoms with Gasteiger partial charge in [0.25, 0.3) is 0 Å². The Hall–Kier alpha value is 0.803. The van der Waals surface area contributed by atoms with E-state index in [9.17, 15) is 0 Å². The van der Waals surface area contributed by atoms with Crippen molar-refractivity contribution in [1.82, 2.24) is 0 Å². The molecule has 0 bridgehead atoms. The van der Waals surface area contributed by atoms with Gasteiger partial charge in [-0.1, -0.05) is 37.1 Å². The molecule has 0 aliphatic rings. The largest absolute Gasteiger partial charge is 4.00 e. The van der Waals surface area contributed by atoms with E-state index in [1.54, 1.807) is 23.3 Å². The third kappa shape index (κ3) is 12.7. The molecule has 0 atom stereocenters. The number of aryl methyl sites for hydroxylation is 4. The predicted octanol–water partition coefficient (Wildman–Crippen LogP) is -4.85. The molecule has 0 fully saturated rings. The Morgan fingerprint density at radius 3 is 1.19 bits per heavy atom. The summed E-state index contributed by atoms with van der Waals surface area (Å²) in [6, 6.07) is 21.8. The van der Waals surface area contributed by atoms with Crippen LogP contribution in [0.3, 0.4) is 0 Å². The van der Waals surface area contributed by atoms with Gasteiger partial charge in [-0.15, -0.1) is 69.1 Å². The molecule has 0 aromatic heterocycles. The first kappa shape index (κ1) is 39.0. The number of halogens is 4. The molecule has 7 heteroatoms. The van der Waals surface area contributed by atoms with Crippen LogP contribution in [0.25, 0.3) is 21.5 Å². The van der Waals surface area contributed by atoms with Crippen LogP contribution in [-0.4, -0.2) is 5.43 Å². The van der Waals surface area contributed by atoms with Crippen molar-refractivity contribution in [3.05, 3.63) is 82.9 Å². The SMILES string of the molecule is C[Si](C)=[Zr+2].Cc1cc2c(C)cccc2[cH-]1.Cc1cc2c(C)cccc2[cH-]1.[Cl-].[Cl-].[Cl-].[Cl-].[Zr+4].